The first kappa shape index (κ1) is 19.9. The predicted molar refractivity (Wildman–Crippen MR) is 114 cm³/mol. The van der Waals surface area contributed by atoms with E-state index in [1.807, 2.05) is 74.3 Å². The van der Waals surface area contributed by atoms with Gasteiger partial charge in [0.2, 0.25) is 0 Å². The van der Waals surface area contributed by atoms with Crippen LogP contribution in [0.5, 0.6) is 11.5 Å². The molecule has 0 aliphatic carbocycles. The number of carbonyl (C=O) groups is 1. The molecule has 28 heavy (non-hydrogen) atoms. The molecule has 0 bridgehead atoms. The van der Waals surface area contributed by atoms with Crippen LogP contribution in [-0.2, 0) is 0 Å². The van der Waals surface area contributed by atoms with Crippen molar-refractivity contribution in [3.8, 4) is 11.5 Å². The summed E-state index contributed by atoms with van der Waals surface area (Å²) in [5, 5.41) is 3.87. The fraction of sp³-hybridized carbons (Fsp3) is 0.273. The van der Waals surface area contributed by atoms with E-state index >= 15 is 0 Å². The molecule has 0 aromatic heterocycles. The van der Waals surface area contributed by atoms with Gasteiger partial charge in [0.05, 0.1) is 19.8 Å². The third-order valence-corrected chi connectivity index (χ3v) is 5.25. The van der Waals surface area contributed by atoms with E-state index in [4.69, 9.17) is 21.7 Å². The third kappa shape index (κ3) is 3.73. The topological polar surface area (TPSA) is 50.8 Å². The van der Waals surface area contributed by atoms with Gasteiger partial charge in [-0.15, -0.1) is 0 Å². The second kappa shape index (κ2) is 8.44. The number of carbonyl (C=O) groups excluding carboxylic acids is 1. The summed E-state index contributed by atoms with van der Waals surface area (Å²) in [6.07, 6.45) is 0. The normalized spacial score (nSPS) is 16.6. The van der Waals surface area contributed by atoms with Crippen LogP contribution >= 0.6 is 12.2 Å². The lowest BCUT2D eigenvalue weighted by molar-refractivity contribution is 0.102. The number of benzene rings is 2. The summed E-state index contributed by atoms with van der Waals surface area (Å²) < 4.78 is 11.1. The molecule has 0 saturated heterocycles. The SMILES string of the molecule is CCOc1cc(C2NC(=S)N(C)C(C)=C2C(=O)c2ccccc2)ccc1OC. The van der Waals surface area contributed by atoms with Crippen molar-refractivity contribution in [3.05, 3.63) is 70.9 Å². The van der Waals surface area contributed by atoms with Gasteiger partial charge in [0.15, 0.2) is 22.4 Å². The van der Waals surface area contributed by atoms with Crippen LogP contribution in [0, 0.1) is 0 Å². The minimum Gasteiger partial charge on any atom is -0.493 e. The molecule has 1 atom stereocenters. The molecule has 1 heterocycles. The minimum absolute atomic E-state index is 0.0290. The average Bonchev–Trinajstić information content (AvgIpc) is 2.72. The number of nitrogens with one attached hydrogen (secondary N) is 1. The third-order valence-electron chi connectivity index (χ3n) is 4.86. The van der Waals surface area contributed by atoms with Gasteiger partial charge in [-0.25, -0.2) is 0 Å². The van der Waals surface area contributed by atoms with E-state index in [-0.39, 0.29) is 11.8 Å². The Morgan fingerprint density at radius 2 is 1.89 bits per heavy atom. The molecule has 0 amide bonds. The lowest BCUT2D eigenvalue weighted by Gasteiger charge is -2.36. The highest BCUT2D eigenvalue weighted by Crippen LogP contribution is 2.36. The number of ether oxygens (including phenoxy) is 2. The lowest BCUT2D eigenvalue weighted by atomic mass is 9.89. The molecule has 1 unspecified atom stereocenters. The largest absolute Gasteiger partial charge is 0.493 e. The molecular weight excluding hydrogens is 372 g/mol. The Morgan fingerprint density at radius 1 is 1.18 bits per heavy atom. The first-order valence-electron chi connectivity index (χ1n) is 9.13. The molecule has 6 heteroatoms. The van der Waals surface area contributed by atoms with E-state index in [1.54, 1.807) is 7.11 Å². The quantitative estimate of drug-likeness (QED) is 0.586. The van der Waals surface area contributed by atoms with Gasteiger partial charge in [-0.2, -0.15) is 0 Å². The Kier molecular flexibility index (Phi) is 5.99. The maximum atomic E-state index is 13.4. The van der Waals surface area contributed by atoms with Gasteiger partial charge in [0.25, 0.3) is 0 Å². The molecule has 3 rings (SSSR count). The van der Waals surface area contributed by atoms with E-state index in [1.165, 1.54) is 0 Å². The molecule has 0 radical (unpaired) electrons. The minimum atomic E-state index is -0.374. The molecule has 1 N–H and O–H groups in total. The second-order valence-corrected chi connectivity index (χ2v) is 6.87. The number of nitrogens with zero attached hydrogens (tertiary/aromatic N) is 1. The van der Waals surface area contributed by atoms with Crippen molar-refractivity contribution in [2.45, 2.75) is 19.9 Å². The number of allylic oxidation sites excluding steroid dienone is 1. The average molecular weight is 397 g/mol. The number of hydrogen-bond acceptors (Lipinski definition) is 4. The van der Waals surface area contributed by atoms with Crippen molar-refractivity contribution < 1.29 is 14.3 Å². The van der Waals surface area contributed by atoms with Gasteiger partial charge >= 0.3 is 0 Å². The van der Waals surface area contributed by atoms with Crippen molar-refractivity contribution in [2.75, 3.05) is 20.8 Å². The smallest absolute Gasteiger partial charge is 0.193 e. The first-order valence-corrected chi connectivity index (χ1v) is 9.54. The molecule has 2 aromatic rings. The number of rotatable bonds is 6. The highest BCUT2D eigenvalue weighted by Gasteiger charge is 2.33. The maximum absolute atomic E-state index is 13.4. The van der Waals surface area contributed by atoms with Gasteiger partial charge < -0.3 is 19.7 Å². The highest BCUT2D eigenvalue weighted by molar-refractivity contribution is 7.80. The predicted octanol–water partition coefficient (Wildman–Crippen LogP) is 4.11. The van der Waals surface area contributed by atoms with Gasteiger partial charge in [0, 0.05) is 23.9 Å². The van der Waals surface area contributed by atoms with Crippen molar-refractivity contribution in [1.82, 2.24) is 10.2 Å². The van der Waals surface area contributed by atoms with E-state index in [0.717, 1.165) is 11.3 Å². The maximum Gasteiger partial charge on any atom is 0.193 e. The Balaban J connectivity index is 2.11. The van der Waals surface area contributed by atoms with Crippen molar-refractivity contribution >= 4 is 23.1 Å². The summed E-state index contributed by atoms with van der Waals surface area (Å²) in [6, 6.07) is 14.6. The lowest BCUT2D eigenvalue weighted by Crippen LogP contribution is -2.45. The van der Waals surface area contributed by atoms with Crippen LogP contribution in [0.2, 0.25) is 0 Å². The van der Waals surface area contributed by atoms with Crippen LogP contribution in [0.25, 0.3) is 0 Å². The van der Waals surface area contributed by atoms with Crippen molar-refractivity contribution in [2.24, 2.45) is 0 Å². The van der Waals surface area contributed by atoms with Crippen LogP contribution in [0.3, 0.4) is 0 Å². The first-order chi connectivity index (χ1) is 13.5. The Morgan fingerprint density at radius 3 is 2.54 bits per heavy atom. The zero-order chi connectivity index (χ0) is 20.3. The van der Waals surface area contributed by atoms with E-state index in [9.17, 15) is 4.79 Å². The van der Waals surface area contributed by atoms with Gasteiger partial charge in [-0.05, 0) is 43.8 Å². The second-order valence-electron chi connectivity index (χ2n) is 6.48. The summed E-state index contributed by atoms with van der Waals surface area (Å²) in [5.74, 6) is 1.26. The summed E-state index contributed by atoms with van der Waals surface area (Å²) >= 11 is 5.48. The van der Waals surface area contributed by atoms with Gasteiger partial charge in [-0.3, -0.25) is 4.79 Å². The number of methoxy groups -OCH3 is 1. The molecular formula is C22H24N2O3S. The van der Waals surface area contributed by atoms with Crippen LogP contribution in [0.1, 0.15) is 35.8 Å². The fourth-order valence-corrected chi connectivity index (χ4v) is 3.52. The van der Waals surface area contributed by atoms with E-state index in [2.05, 4.69) is 5.32 Å². The van der Waals surface area contributed by atoms with Gasteiger partial charge in [0.1, 0.15) is 0 Å². The molecule has 0 spiro atoms. The Hall–Kier alpha value is -2.86. The summed E-state index contributed by atoms with van der Waals surface area (Å²) in [6.45, 7) is 4.36. The Bertz CT molecular complexity index is 925. The summed E-state index contributed by atoms with van der Waals surface area (Å²) in [7, 11) is 3.47. The molecule has 5 nitrogen and oxygen atoms in total. The monoisotopic (exact) mass is 396 g/mol. The molecule has 2 aromatic carbocycles. The zero-order valence-electron chi connectivity index (χ0n) is 16.5. The van der Waals surface area contributed by atoms with Crippen LogP contribution in [0.4, 0.5) is 0 Å². The zero-order valence-corrected chi connectivity index (χ0v) is 17.3. The van der Waals surface area contributed by atoms with E-state index < -0.39 is 0 Å². The summed E-state index contributed by atoms with van der Waals surface area (Å²) in [4.78, 5) is 15.2. The van der Waals surface area contributed by atoms with Crippen molar-refractivity contribution in [3.63, 3.8) is 0 Å². The van der Waals surface area contributed by atoms with Gasteiger partial charge in [-0.1, -0.05) is 36.4 Å². The van der Waals surface area contributed by atoms with Crippen LogP contribution in [0.15, 0.2) is 59.8 Å². The fourth-order valence-electron chi connectivity index (χ4n) is 3.27. The number of ketones is 1. The molecule has 1 aliphatic rings. The standard InChI is InChI=1S/C22H24N2O3S/c1-5-27-18-13-16(11-12-17(18)26-4)20-19(14(2)24(3)22(28)23-20)21(25)15-9-7-6-8-10-15/h6-13,20H,5H2,1-4H3,(H,23,28). The van der Waals surface area contributed by atoms with Crippen LogP contribution in [-0.4, -0.2) is 36.6 Å². The molecule has 0 fully saturated rings. The molecule has 1 aliphatic heterocycles. The molecule has 0 saturated carbocycles. The number of thiocarbonyl (C=S) groups is 1. The van der Waals surface area contributed by atoms with Crippen LogP contribution < -0.4 is 14.8 Å². The van der Waals surface area contributed by atoms with E-state index in [0.29, 0.717) is 34.4 Å². The number of Topliss-reactive ketones (excluding diaryl/α,β-unsaturated/α-hetero) is 1. The Labute approximate surface area is 170 Å². The summed E-state index contributed by atoms with van der Waals surface area (Å²) in [5.41, 5.74) is 3.02. The highest BCUT2D eigenvalue weighted by atomic mass is 32.1. The molecule has 146 valence electrons. The van der Waals surface area contributed by atoms with Crippen molar-refractivity contribution in [1.29, 1.82) is 0 Å². The number of hydrogen-bond donors (Lipinski definition) is 1.